The molecule has 1 aliphatic carbocycles. The van der Waals surface area contributed by atoms with E-state index in [0.717, 1.165) is 5.57 Å². The quantitative estimate of drug-likeness (QED) is 0.151. The molecule has 0 amide bonds. The van der Waals surface area contributed by atoms with Crippen molar-refractivity contribution in [3.8, 4) is 22.3 Å². The summed E-state index contributed by atoms with van der Waals surface area (Å²) in [4.78, 5) is 0. The predicted molar refractivity (Wildman–Crippen MR) is 295 cm³/mol. The monoisotopic (exact) mass is 867 g/mol. The third-order valence-corrected chi connectivity index (χ3v) is 11.3. The van der Waals surface area contributed by atoms with Crippen LogP contribution in [-0.4, -0.2) is 0 Å². The van der Waals surface area contributed by atoms with E-state index >= 15 is 0 Å². The van der Waals surface area contributed by atoms with Crippen molar-refractivity contribution in [2.24, 2.45) is 0 Å². The molecular formula is C66H74. The second-order valence-corrected chi connectivity index (χ2v) is 17.2. The molecule has 338 valence electrons. The average molecular weight is 867 g/mol. The van der Waals surface area contributed by atoms with Gasteiger partial charge in [0.15, 0.2) is 0 Å². The molecule has 0 saturated carbocycles. The maximum Gasteiger partial charge on any atom is 0.0713 e. The van der Waals surface area contributed by atoms with Crippen LogP contribution >= 0.6 is 0 Å². The summed E-state index contributed by atoms with van der Waals surface area (Å²) in [6, 6.07) is 65.6. The molecule has 1 unspecified atom stereocenters. The highest BCUT2D eigenvalue weighted by Crippen LogP contribution is 2.56. The maximum atomic E-state index is 3.89. The summed E-state index contributed by atoms with van der Waals surface area (Å²) < 4.78 is 0. The molecule has 0 nitrogen and oxygen atoms in total. The van der Waals surface area contributed by atoms with E-state index in [-0.39, 0.29) is 5.41 Å². The van der Waals surface area contributed by atoms with E-state index in [4.69, 9.17) is 0 Å². The number of fused-ring (bicyclic) bond motifs is 4. The highest BCUT2D eigenvalue weighted by Gasteiger charge is 2.46. The van der Waals surface area contributed by atoms with Crippen LogP contribution in [0.5, 0.6) is 0 Å². The molecule has 0 radical (unpaired) electrons. The first kappa shape index (κ1) is 51.9. The van der Waals surface area contributed by atoms with Gasteiger partial charge < -0.3 is 0 Å². The lowest BCUT2D eigenvalue weighted by Gasteiger charge is -2.34. The van der Waals surface area contributed by atoms with Crippen LogP contribution in [0, 0.1) is 34.6 Å². The van der Waals surface area contributed by atoms with Gasteiger partial charge in [0.2, 0.25) is 0 Å². The lowest BCUT2D eigenvalue weighted by atomic mass is 9.67. The van der Waals surface area contributed by atoms with Gasteiger partial charge in [0.25, 0.3) is 0 Å². The minimum Gasteiger partial charge on any atom is -0.0985 e. The Morgan fingerprint density at radius 3 is 1.53 bits per heavy atom. The smallest absolute Gasteiger partial charge is 0.0713 e. The van der Waals surface area contributed by atoms with Gasteiger partial charge in [-0.3, -0.25) is 0 Å². The summed E-state index contributed by atoms with van der Waals surface area (Å²) in [6.07, 6.45) is 8.37. The van der Waals surface area contributed by atoms with Gasteiger partial charge in [-0.05, 0) is 127 Å². The Balaban J connectivity index is 0.000000212. The molecule has 0 aliphatic heterocycles. The fourth-order valence-electron chi connectivity index (χ4n) is 8.24. The number of hydrogen-bond donors (Lipinski definition) is 0. The Morgan fingerprint density at radius 2 is 1.00 bits per heavy atom. The van der Waals surface area contributed by atoms with Crippen LogP contribution in [0.4, 0.5) is 0 Å². The van der Waals surface area contributed by atoms with Crippen molar-refractivity contribution in [1.82, 2.24) is 0 Å². The molecule has 0 heterocycles. The summed E-state index contributed by atoms with van der Waals surface area (Å²) >= 11 is 0. The van der Waals surface area contributed by atoms with E-state index in [1.54, 1.807) is 0 Å². The number of aryl methyl sites for hydroxylation is 5. The highest BCUT2D eigenvalue weighted by molar-refractivity contribution is 5.92. The van der Waals surface area contributed by atoms with Gasteiger partial charge in [0.05, 0.1) is 5.41 Å². The molecule has 0 saturated heterocycles. The van der Waals surface area contributed by atoms with Crippen molar-refractivity contribution in [2.45, 2.75) is 94.4 Å². The molecule has 8 aromatic carbocycles. The van der Waals surface area contributed by atoms with Crippen LogP contribution < -0.4 is 0 Å². The third kappa shape index (κ3) is 13.2. The zero-order chi connectivity index (χ0) is 48.1. The van der Waals surface area contributed by atoms with Crippen LogP contribution in [0.3, 0.4) is 0 Å². The van der Waals surface area contributed by atoms with E-state index in [2.05, 4.69) is 239 Å². The number of hydrogen-bond acceptors (Lipinski definition) is 0. The standard InChI is InChI=1S/C27H22.C20H18.C7H8.C6H10.2C3H8/c1-19-15-17-22(18-16-19)27(21-10-4-3-5-11-21)24-13-7-6-12-23(24)26-20(2)9-8-14-25(26)27;1-4-16-9-10-18-11-12-19(13-20(18)15(16)3)17-7-5-14(2)6-8-17;1-7-5-3-2-4-6-7;1-4-5-6(2)3;2*1-3-2/h3-18H,1-2H3;4-13H,1H2,2-3H3;2-6H,1H3;4-5H,2H2,1,3H3;2*3H2,1-2H3/b;;;5-4-;;. The molecule has 0 heteroatoms. The fourth-order valence-corrected chi connectivity index (χ4v) is 8.24. The number of rotatable bonds is 5. The van der Waals surface area contributed by atoms with E-state index in [0.29, 0.717) is 0 Å². The third-order valence-electron chi connectivity index (χ3n) is 11.3. The first-order chi connectivity index (χ1) is 31.9. The summed E-state index contributed by atoms with van der Waals surface area (Å²) in [5, 5.41) is 2.59. The Labute approximate surface area is 400 Å². The molecule has 1 aliphatic rings. The average Bonchev–Trinajstić information content (AvgIpc) is 3.63. The van der Waals surface area contributed by atoms with Crippen LogP contribution in [0.25, 0.3) is 39.1 Å². The van der Waals surface area contributed by atoms with Crippen molar-refractivity contribution < 1.29 is 0 Å². The fraction of sp³-hybridized carbons (Fsp3) is 0.212. The highest BCUT2D eigenvalue weighted by atomic mass is 14.5. The summed E-state index contributed by atoms with van der Waals surface area (Å²) in [6.45, 7) is 30.7. The van der Waals surface area contributed by atoms with E-state index in [9.17, 15) is 0 Å². The van der Waals surface area contributed by atoms with Crippen LogP contribution in [0.1, 0.15) is 110 Å². The molecule has 0 N–H and O–H groups in total. The Bertz CT molecular complexity index is 2740. The van der Waals surface area contributed by atoms with Crippen molar-refractivity contribution in [1.29, 1.82) is 0 Å². The van der Waals surface area contributed by atoms with Gasteiger partial charge in [-0.25, -0.2) is 0 Å². The van der Waals surface area contributed by atoms with Gasteiger partial charge >= 0.3 is 0 Å². The largest absolute Gasteiger partial charge is 0.0985 e. The number of allylic oxidation sites excluding steroid dienone is 3. The Hall–Kier alpha value is -6.76. The second kappa shape index (κ2) is 26.3. The van der Waals surface area contributed by atoms with Crippen LogP contribution in [-0.2, 0) is 5.41 Å². The van der Waals surface area contributed by atoms with Gasteiger partial charge in [-0.1, -0.05) is 270 Å². The molecule has 0 aromatic heterocycles. The van der Waals surface area contributed by atoms with E-state index in [1.807, 2.05) is 50.3 Å². The predicted octanol–water partition coefficient (Wildman–Crippen LogP) is 19.4. The van der Waals surface area contributed by atoms with Crippen molar-refractivity contribution >= 4 is 16.8 Å². The molecule has 0 bridgehead atoms. The SMILES string of the molecule is C=C(C)/C=C\C.C=Cc1ccc2ccc(-c3ccc(C)cc3)cc2c1C.CCC.CCC.Cc1ccc(C2(c3ccccc3)c3ccccc3-c3c(C)cccc32)cc1.Cc1ccccc1. The van der Waals surface area contributed by atoms with E-state index < -0.39 is 0 Å². The Morgan fingerprint density at radius 1 is 0.515 bits per heavy atom. The second-order valence-electron chi connectivity index (χ2n) is 17.2. The first-order valence-corrected chi connectivity index (χ1v) is 23.8. The molecule has 0 spiro atoms. The topological polar surface area (TPSA) is 0 Å². The molecule has 1 atom stereocenters. The van der Waals surface area contributed by atoms with Crippen LogP contribution in [0.15, 0.2) is 213 Å². The van der Waals surface area contributed by atoms with Crippen molar-refractivity contribution in [2.75, 3.05) is 0 Å². The van der Waals surface area contributed by atoms with Gasteiger partial charge in [-0.15, -0.1) is 0 Å². The zero-order valence-corrected chi connectivity index (χ0v) is 41.9. The molecule has 9 rings (SSSR count). The minimum atomic E-state index is -0.271. The van der Waals surface area contributed by atoms with E-state index in [1.165, 1.54) is 102 Å². The first-order valence-electron chi connectivity index (χ1n) is 23.8. The summed E-state index contributed by atoms with van der Waals surface area (Å²) in [7, 11) is 0. The lowest BCUT2D eigenvalue weighted by Crippen LogP contribution is -2.28. The molecule has 0 fully saturated rings. The molecular weight excluding hydrogens is 793 g/mol. The minimum absolute atomic E-state index is 0.271. The Kier molecular flexibility index (Phi) is 20.6. The summed E-state index contributed by atoms with van der Waals surface area (Å²) in [5.74, 6) is 0. The number of benzene rings is 8. The maximum absolute atomic E-state index is 3.89. The molecule has 66 heavy (non-hydrogen) atoms. The zero-order valence-electron chi connectivity index (χ0n) is 41.9. The summed E-state index contributed by atoms with van der Waals surface area (Å²) in [5.41, 5.74) is 19.3. The van der Waals surface area contributed by atoms with Crippen molar-refractivity contribution in [3.05, 3.63) is 269 Å². The normalized spacial score (nSPS) is 12.7. The lowest BCUT2D eigenvalue weighted by molar-refractivity contribution is 0.767. The van der Waals surface area contributed by atoms with Crippen molar-refractivity contribution in [3.63, 3.8) is 0 Å². The van der Waals surface area contributed by atoms with Gasteiger partial charge in [-0.2, -0.15) is 0 Å². The van der Waals surface area contributed by atoms with Crippen LogP contribution in [0.2, 0.25) is 0 Å². The van der Waals surface area contributed by atoms with Gasteiger partial charge in [0.1, 0.15) is 0 Å². The molecule has 8 aromatic rings. The van der Waals surface area contributed by atoms with Gasteiger partial charge in [0, 0.05) is 0 Å².